The van der Waals surface area contributed by atoms with Gasteiger partial charge in [-0.3, -0.25) is 0 Å². The minimum Gasteiger partial charge on any atom is -0.479 e. The Bertz CT molecular complexity index is 573. The van der Waals surface area contributed by atoms with Gasteiger partial charge >= 0.3 is 5.97 Å². The molecule has 0 aliphatic carbocycles. The van der Waals surface area contributed by atoms with Crippen molar-refractivity contribution in [2.45, 2.75) is 72.4 Å². The second-order valence-electron chi connectivity index (χ2n) is 7.32. The minimum absolute atomic E-state index is 0.184. The van der Waals surface area contributed by atoms with E-state index in [2.05, 4.69) is 0 Å². The molecule has 6 atom stereocenters. The lowest BCUT2D eigenvalue weighted by Crippen LogP contribution is -2.47. The molecule has 0 fully saturated rings. The SMILES string of the molecule is C/C=C(\C)[C@@H](O)[C@H](C)/C=C(\C)[C@H](O)[C@@H](C)/C=C(\C)[C@H](O)[C@](C)(O)C(=O)O. The Morgan fingerprint density at radius 2 is 1.27 bits per heavy atom. The average molecular weight is 370 g/mol. The molecule has 0 spiro atoms. The van der Waals surface area contributed by atoms with Gasteiger partial charge in [0.05, 0.1) is 12.2 Å². The van der Waals surface area contributed by atoms with E-state index in [-0.39, 0.29) is 11.5 Å². The van der Waals surface area contributed by atoms with Gasteiger partial charge < -0.3 is 25.5 Å². The van der Waals surface area contributed by atoms with Crippen molar-refractivity contribution >= 4 is 5.97 Å². The van der Waals surface area contributed by atoms with E-state index in [1.54, 1.807) is 26.0 Å². The number of hydrogen-bond acceptors (Lipinski definition) is 5. The first-order valence-corrected chi connectivity index (χ1v) is 8.76. The zero-order valence-corrected chi connectivity index (χ0v) is 16.8. The van der Waals surface area contributed by atoms with Gasteiger partial charge in [0.1, 0.15) is 6.10 Å². The largest absolute Gasteiger partial charge is 0.479 e. The van der Waals surface area contributed by atoms with Gasteiger partial charge in [0.2, 0.25) is 0 Å². The highest BCUT2D eigenvalue weighted by atomic mass is 16.4. The molecule has 0 amide bonds. The molecule has 6 heteroatoms. The Hall–Kier alpha value is -1.47. The fraction of sp³-hybridized carbons (Fsp3) is 0.650. The average Bonchev–Trinajstić information content (AvgIpc) is 2.57. The number of hydrogen-bond donors (Lipinski definition) is 5. The predicted molar refractivity (Wildman–Crippen MR) is 102 cm³/mol. The van der Waals surface area contributed by atoms with Crippen LogP contribution in [-0.4, -0.2) is 55.4 Å². The quantitative estimate of drug-likeness (QED) is 0.396. The van der Waals surface area contributed by atoms with E-state index in [4.69, 9.17) is 5.11 Å². The van der Waals surface area contributed by atoms with Crippen LogP contribution in [0.5, 0.6) is 0 Å². The fourth-order valence-corrected chi connectivity index (χ4v) is 2.76. The van der Waals surface area contributed by atoms with E-state index in [0.29, 0.717) is 5.57 Å². The number of aliphatic carboxylic acids is 1. The van der Waals surface area contributed by atoms with Crippen LogP contribution in [0.4, 0.5) is 0 Å². The summed E-state index contributed by atoms with van der Waals surface area (Å²) in [5.74, 6) is -2.13. The maximum absolute atomic E-state index is 11.0. The Labute approximate surface area is 156 Å². The Morgan fingerprint density at radius 3 is 1.65 bits per heavy atom. The highest BCUT2D eigenvalue weighted by molar-refractivity contribution is 5.78. The molecular formula is C20H34O6. The summed E-state index contributed by atoms with van der Waals surface area (Å²) < 4.78 is 0. The van der Waals surface area contributed by atoms with Gasteiger partial charge in [-0.2, -0.15) is 0 Å². The van der Waals surface area contributed by atoms with Gasteiger partial charge in [-0.25, -0.2) is 4.79 Å². The smallest absolute Gasteiger partial charge is 0.338 e. The summed E-state index contributed by atoms with van der Waals surface area (Å²) in [4.78, 5) is 11.0. The third kappa shape index (κ3) is 6.36. The van der Waals surface area contributed by atoms with Crippen molar-refractivity contribution in [3.05, 3.63) is 34.9 Å². The molecule has 0 heterocycles. The molecule has 0 saturated carbocycles. The van der Waals surface area contributed by atoms with Crippen LogP contribution in [0.3, 0.4) is 0 Å². The molecule has 0 aliphatic heterocycles. The molecule has 0 aromatic heterocycles. The summed E-state index contributed by atoms with van der Waals surface area (Å²) in [6, 6.07) is 0. The van der Waals surface area contributed by atoms with Crippen LogP contribution < -0.4 is 0 Å². The van der Waals surface area contributed by atoms with E-state index >= 15 is 0 Å². The summed E-state index contributed by atoms with van der Waals surface area (Å²) in [6.07, 6.45) is 2.09. The van der Waals surface area contributed by atoms with E-state index in [9.17, 15) is 25.2 Å². The Balaban J connectivity index is 5.28. The van der Waals surface area contributed by atoms with Crippen molar-refractivity contribution in [2.24, 2.45) is 11.8 Å². The van der Waals surface area contributed by atoms with E-state index < -0.39 is 35.8 Å². The van der Waals surface area contributed by atoms with E-state index in [1.807, 2.05) is 26.8 Å². The first kappa shape index (κ1) is 24.5. The van der Waals surface area contributed by atoms with Crippen LogP contribution in [0, 0.1) is 11.8 Å². The van der Waals surface area contributed by atoms with Crippen LogP contribution in [0.15, 0.2) is 34.9 Å². The maximum Gasteiger partial charge on any atom is 0.338 e. The lowest BCUT2D eigenvalue weighted by molar-refractivity contribution is -0.165. The number of carboxylic acids is 1. The van der Waals surface area contributed by atoms with Gasteiger partial charge in [-0.1, -0.05) is 32.1 Å². The second kappa shape index (κ2) is 10.0. The lowest BCUT2D eigenvalue weighted by atomic mass is 9.88. The van der Waals surface area contributed by atoms with Gasteiger partial charge in [-0.15, -0.1) is 0 Å². The third-order valence-electron chi connectivity index (χ3n) is 4.83. The van der Waals surface area contributed by atoms with Crippen molar-refractivity contribution in [2.75, 3.05) is 0 Å². The predicted octanol–water partition coefficient (Wildman–Crippen LogP) is 2.04. The van der Waals surface area contributed by atoms with Crippen LogP contribution in [0.25, 0.3) is 0 Å². The minimum atomic E-state index is -2.31. The zero-order valence-electron chi connectivity index (χ0n) is 16.8. The van der Waals surface area contributed by atoms with Crippen molar-refractivity contribution in [3.63, 3.8) is 0 Å². The molecule has 0 radical (unpaired) electrons. The topological polar surface area (TPSA) is 118 Å². The van der Waals surface area contributed by atoms with Gasteiger partial charge in [0, 0.05) is 11.8 Å². The Morgan fingerprint density at radius 1 is 0.885 bits per heavy atom. The normalized spacial score (nSPS) is 22.2. The van der Waals surface area contributed by atoms with Crippen molar-refractivity contribution < 1.29 is 30.3 Å². The number of rotatable bonds is 9. The summed E-state index contributed by atoms with van der Waals surface area (Å²) >= 11 is 0. The summed E-state index contributed by atoms with van der Waals surface area (Å²) in [5.41, 5.74) is -0.538. The molecule has 26 heavy (non-hydrogen) atoms. The van der Waals surface area contributed by atoms with Crippen molar-refractivity contribution in [3.8, 4) is 0 Å². The summed E-state index contributed by atoms with van der Waals surface area (Å²) in [6.45, 7) is 11.6. The van der Waals surface area contributed by atoms with Crippen LogP contribution >= 0.6 is 0 Å². The number of carbonyl (C=O) groups is 1. The second-order valence-corrected chi connectivity index (χ2v) is 7.32. The molecule has 0 bridgehead atoms. The number of allylic oxidation sites excluding steroid dienone is 1. The number of aliphatic hydroxyl groups excluding tert-OH is 3. The molecule has 0 aromatic carbocycles. The van der Waals surface area contributed by atoms with E-state index in [0.717, 1.165) is 12.5 Å². The van der Waals surface area contributed by atoms with Crippen LogP contribution in [0.1, 0.15) is 48.5 Å². The molecule has 6 nitrogen and oxygen atoms in total. The zero-order chi connectivity index (χ0) is 20.8. The number of carboxylic acid groups (broad SMARTS) is 1. The summed E-state index contributed by atoms with van der Waals surface area (Å²) in [5, 5.41) is 49.6. The fourth-order valence-electron chi connectivity index (χ4n) is 2.76. The molecule has 5 N–H and O–H groups in total. The maximum atomic E-state index is 11.0. The first-order chi connectivity index (χ1) is 11.8. The molecule has 0 aromatic rings. The van der Waals surface area contributed by atoms with Crippen molar-refractivity contribution in [1.29, 1.82) is 0 Å². The number of aliphatic hydroxyl groups is 4. The molecule has 0 rings (SSSR count). The molecule has 0 saturated heterocycles. The molecule has 150 valence electrons. The van der Waals surface area contributed by atoms with E-state index in [1.165, 1.54) is 6.92 Å². The van der Waals surface area contributed by atoms with Gasteiger partial charge in [0.25, 0.3) is 0 Å². The highest BCUT2D eigenvalue weighted by Crippen LogP contribution is 2.23. The standard InChI is InChI=1S/C20H34O6/c1-8-11(2)16(21)12(3)9-13(4)17(22)14(5)10-15(6)18(23)20(7,26)19(24)25/h8-10,12,14,16-18,21-23,26H,1-7H3,(H,24,25)/b11-8+,13-9+,15-10+/t12-,14+,16-,17+,18+,20+/m1/s1. The van der Waals surface area contributed by atoms with Gasteiger partial charge in [-0.05, 0) is 51.3 Å². The molecular weight excluding hydrogens is 336 g/mol. The van der Waals surface area contributed by atoms with Crippen molar-refractivity contribution in [1.82, 2.24) is 0 Å². The monoisotopic (exact) mass is 370 g/mol. The molecule has 0 unspecified atom stereocenters. The Kier molecular flexibility index (Phi) is 9.45. The van der Waals surface area contributed by atoms with Crippen LogP contribution in [0.2, 0.25) is 0 Å². The summed E-state index contributed by atoms with van der Waals surface area (Å²) in [7, 11) is 0. The first-order valence-electron chi connectivity index (χ1n) is 8.76. The highest BCUT2D eigenvalue weighted by Gasteiger charge is 2.39. The molecule has 0 aliphatic rings. The van der Waals surface area contributed by atoms with Crippen LogP contribution in [-0.2, 0) is 4.79 Å². The third-order valence-corrected chi connectivity index (χ3v) is 4.83. The lowest BCUT2D eigenvalue weighted by Gasteiger charge is -2.27. The van der Waals surface area contributed by atoms with Gasteiger partial charge in [0.15, 0.2) is 5.60 Å².